The highest BCUT2D eigenvalue weighted by molar-refractivity contribution is 5.86. The molecular weight excluding hydrogens is 308 g/mol. The number of rotatable bonds is 5. The average molecular weight is 338 g/mol. The summed E-state index contributed by atoms with van der Waals surface area (Å²) in [5.41, 5.74) is -1.25. The average Bonchev–Trinajstić information content (AvgIpc) is 2.54. The summed E-state index contributed by atoms with van der Waals surface area (Å²) in [5, 5.41) is 11.0. The van der Waals surface area contributed by atoms with Gasteiger partial charge in [0.15, 0.2) is 5.60 Å². The third kappa shape index (κ3) is 3.75. The van der Waals surface area contributed by atoms with E-state index in [0.29, 0.717) is 18.9 Å². The number of esters is 1. The van der Waals surface area contributed by atoms with Gasteiger partial charge in [-0.1, -0.05) is 6.42 Å². The Labute approximate surface area is 144 Å². The first kappa shape index (κ1) is 17.7. The van der Waals surface area contributed by atoms with Crippen molar-refractivity contribution in [2.24, 2.45) is 11.8 Å². The van der Waals surface area contributed by atoms with E-state index in [1.54, 1.807) is 0 Å². The molecule has 1 atom stereocenters. The van der Waals surface area contributed by atoms with Gasteiger partial charge in [-0.25, -0.2) is 0 Å². The Bertz CT molecular complexity index is 472. The summed E-state index contributed by atoms with van der Waals surface area (Å²) in [4.78, 5) is 28.4. The maximum atomic E-state index is 12.8. The van der Waals surface area contributed by atoms with E-state index in [-0.39, 0.29) is 17.8 Å². The van der Waals surface area contributed by atoms with Gasteiger partial charge in [0.25, 0.3) is 5.91 Å². The van der Waals surface area contributed by atoms with Gasteiger partial charge in [-0.3, -0.25) is 14.5 Å². The van der Waals surface area contributed by atoms with Crippen molar-refractivity contribution in [1.82, 2.24) is 9.80 Å². The van der Waals surface area contributed by atoms with Crippen molar-refractivity contribution in [1.29, 1.82) is 0 Å². The van der Waals surface area contributed by atoms with Gasteiger partial charge in [0.05, 0.1) is 13.0 Å². The van der Waals surface area contributed by atoms with E-state index in [9.17, 15) is 14.7 Å². The Morgan fingerprint density at radius 3 is 2.50 bits per heavy atom. The molecule has 1 saturated carbocycles. The van der Waals surface area contributed by atoms with Gasteiger partial charge < -0.3 is 14.7 Å². The van der Waals surface area contributed by atoms with Crippen LogP contribution in [0.25, 0.3) is 0 Å². The van der Waals surface area contributed by atoms with Crippen molar-refractivity contribution < 1.29 is 19.4 Å². The lowest BCUT2D eigenvalue weighted by atomic mass is 9.83. The summed E-state index contributed by atoms with van der Waals surface area (Å²) in [5.74, 6) is 0.356. The third-order valence-electron chi connectivity index (χ3n) is 6.01. The Kier molecular flexibility index (Phi) is 5.45. The topological polar surface area (TPSA) is 70.1 Å². The highest BCUT2D eigenvalue weighted by Crippen LogP contribution is 2.31. The van der Waals surface area contributed by atoms with Gasteiger partial charge in [-0.15, -0.1) is 0 Å². The van der Waals surface area contributed by atoms with Gasteiger partial charge in [0.2, 0.25) is 0 Å². The van der Waals surface area contributed by atoms with E-state index >= 15 is 0 Å². The Hall–Kier alpha value is -1.14. The molecular formula is C18H30N2O4. The van der Waals surface area contributed by atoms with Crippen molar-refractivity contribution in [3.8, 4) is 0 Å². The Morgan fingerprint density at radius 2 is 1.92 bits per heavy atom. The molecule has 6 heteroatoms. The summed E-state index contributed by atoms with van der Waals surface area (Å²) < 4.78 is 4.81. The van der Waals surface area contributed by atoms with Crippen molar-refractivity contribution in [2.75, 3.05) is 39.8 Å². The minimum absolute atomic E-state index is 0.0435. The van der Waals surface area contributed by atoms with Crippen LogP contribution in [-0.4, -0.2) is 72.2 Å². The van der Waals surface area contributed by atoms with E-state index in [0.717, 1.165) is 45.4 Å². The zero-order valence-electron chi connectivity index (χ0n) is 14.7. The van der Waals surface area contributed by atoms with E-state index in [1.807, 2.05) is 4.90 Å². The molecule has 1 aliphatic carbocycles. The fraction of sp³-hybridized carbons (Fsp3) is 0.889. The third-order valence-corrected chi connectivity index (χ3v) is 6.01. The van der Waals surface area contributed by atoms with Gasteiger partial charge in [0.1, 0.15) is 0 Å². The summed E-state index contributed by atoms with van der Waals surface area (Å²) in [6.45, 7) is 3.45. The van der Waals surface area contributed by atoms with E-state index < -0.39 is 5.60 Å². The summed E-state index contributed by atoms with van der Waals surface area (Å²) in [6.07, 6.45) is 6.58. The molecule has 24 heavy (non-hydrogen) atoms. The minimum Gasteiger partial charge on any atom is -0.469 e. The Balaban J connectivity index is 1.53. The van der Waals surface area contributed by atoms with Crippen LogP contribution in [-0.2, 0) is 14.3 Å². The van der Waals surface area contributed by atoms with Crippen LogP contribution in [0.2, 0.25) is 0 Å². The highest BCUT2D eigenvalue weighted by Gasteiger charge is 2.44. The molecule has 0 bridgehead atoms. The zero-order valence-corrected chi connectivity index (χ0v) is 14.7. The molecule has 1 N–H and O–H groups in total. The van der Waals surface area contributed by atoms with Crippen LogP contribution in [0, 0.1) is 11.8 Å². The number of likely N-dealkylation sites (tertiary alicyclic amines) is 2. The first-order valence-electron chi connectivity index (χ1n) is 9.34. The van der Waals surface area contributed by atoms with Gasteiger partial charge in [-0.2, -0.15) is 0 Å². The molecule has 0 spiro atoms. The number of ether oxygens (including phenoxy) is 1. The highest BCUT2D eigenvalue weighted by atomic mass is 16.5. The number of methoxy groups -OCH3 is 1. The summed E-state index contributed by atoms with van der Waals surface area (Å²) in [6, 6.07) is 0. The molecule has 3 aliphatic rings. The number of amides is 1. The molecule has 0 aromatic heterocycles. The predicted octanol–water partition coefficient (Wildman–Crippen LogP) is 1.02. The second-order valence-electron chi connectivity index (χ2n) is 7.76. The van der Waals surface area contributed by atoms with Crippen LogP contribution in [0.3, 0.4) is 0 Å². The number of nitrogens with zero attached hydrogens (tertiary/aromatic N) is 2. The predicted molar refractivity (Wildman–Crippen MR) is 89.3 cm³/mol. The first-order valence-corrected chi connectivity index (χ1v) is 9.34. The standard InChI is InChI=1S/C18H30N2O4/c1-24-16(21)15-6-10-19(11-7-15)13-18(23)8-3-9-20(17(18)22)12-14-4-2-5-14/h14-15,23H,2-13H2,1H3. The molecule has 2 aliphatic heterocycles. The second-order valence-corrected chi connectivity index (χ2v) is 7.76. The van der Waals surface area contributed by atoms with Crippen LogP contribution < -0.4 is 0 Å². The first-order chi connectivity index (χ1) is 11.5. The van der Waals surface area contributed by atoms with Gasteiger partial charge in [0, 0.05) is 19.6 Å². The fourth-order valence-corrected chi connectivity index (χ4v) is 4.24. The largest absolute Gasteiger partial charge is 0.469 e. The van der Waals surface area contributed by atoms with E-state index in [2.05, 4.69) is 4.90 Å². The SMILES string of the molecule is COC(=O)C1CCN(CC2(O)CCCN(CC3CCC3)C2=O)CC1. The quantitative estimate of drug-likeness (QED) is 0.758. The van der Waals surface area contributed by atoms with Crippen LogP contribution >= 0.6 is 0 Å². The summed E-state index contributed by atoms with van der Waals surface area (Å²) >= 11 is 0. The van der Waals surface area contributed by atoms with E-state index in [4.69, 9.17) is 4.74 Å². The monoisotopic (exact) mass is 338 g/mol. The van der Waals surface area contributed by atoms with Crippen molar-refractivity contribution in [3.63, 3.8) is 0 Å². The normalized spacial score (nSPS) is 30.2. The number of hydrogen-bond acceptors (Lipinski definition) is 5. The molecule has 2 saturated heterocycles. The lowest BCUT2D eigenvalue weighted by Gasteiger charge is -2.43. The van der Waals surface area contributed by atoms with Crippen LogP contribution in [0.4, 0.5) is 0 Å². The lowest BCUT2D eigenvalue weighted by Crippen LogP contribution is -2.60. The molecule has 2 heterocycles. The van der Waals surface area contributed by atoms with Crippen LogP contribution in [0.5, 0.6) is 0 Å². The molecule has 3 rings (SSSR count). The van der Waals surface area contributed by atoms with Crippen molar-refractivity contribution in [3.05, 3.63) is 0 Å². The summed E-state index contributed by atoms with van der Waals surface area (Å²) in [7, 11) is 1.43. The molecule has 1 unspecified atom stereocenters. The zero-order chi connectivity index (χ0) is 17.2. The molecule has 3 fully saturated rings. The van der Waals surface area contributed by atoms with Gasteiger partial charge >= 0.3 is 5.97 Å². The van der Waals surface area contributed by atoms with E-state index in [1.165, 1.54) is 26.4 Å². The molecule has 6 nitrogen and oxygen atoms in total. The minimum atomic E-state index is -1.25. The fourth-order valence-electron chi connectivity index (χ4n) is 4.24. The lowest BCUT2D eigenvalue weighted by molar-refractivity contribution is -0.162. The molecule has 1 amide bonds. The Morgan fingerprint density at radius 1 is 1.21 bits per heavy atom. The number of aliphatic hydroxyl groups is 1. The van der Waals surface area contributed by atoms with Gasteiger partial charge in [-0.05, 0) is 57.5 Å². The van der Waals surface area contributed by atoms with Crippen molar-refractivity contribution in [2.45, 2.75) is 50.5 Å². The molecule has 0 aromatic carbocycles. The second kappa shape index (κ2) is 7.40. The smallest absolute Gasteiger partial charge is 0.308 e. The maximum absolute atomic E-state index is 12.8. The number of carbonyl (C=O) groups excluding carboxylic acids is 2. The van der Waals surface area contributed by atoms with Crippen LogP contribution in [0.1, 0.15) is 44.9 Å². The molecule has 0 radical (unpaired) electrons. The molecule has 136 valence electrons. The van der Waals surface area contributed by atoms with Crippen molar-refractivity contribution >= 4 is 11.9 Å². The number of carbonyl (C=O) groups is 2. The molecule has 0 aromatic rings. The number of piperidine rings is 2. The maximum Gasteiger partial charge on any atom is 0.308 e. The van der Waals surface area contributed by atoms with Crippen LogP contribution in [0.15, 0.2) is 0 Å². The number of β-amino-alcohol motifs (C(OH)–C–C–N with tert-alkyl or cyclic N) is 1. The number of hydrogen-bond donors (Lipinski definition) is 1.